The van der Waals surface area contributed by atoms with E-state index in [1.165, 1.54) is 37.1 Å². The molecule has 2 nitrogen and oxygen atoms in total. The summed E-state index contributed by atoms with van der Waals surface area (Å²) in [7, 11) is 0. The minimum Gasteiger partial charge on any atom is -0.329 e. The zero-order valence-corrected chi connectivity index (χ0v) is 13.3. The van der Waals surface area contributed by atoms with E-state index in [0.717, 1.165) is 24.8 Å². The predicted octanol–water partition coefficient (Wildman–Crippen LogP) is 3.62. The molecule has 1 aliphatic rings. The monoisotopic (exact) mass is 274 g/mol. The molecule has 2 heteroatoms. The molecule has 1 fully saturated rings. The topological polar surface area (TPSA) is 29.3 Å². The highest BCUT2D eigenvalue weighted by Gasteiger charge is 2.26. The van der Waals surface area contributed by atoms with Crippen molar-refractivity contribution >= 4 is 0 Å². The van der Waals surface area contributed by atoms with Crippen LogP contribution in [0.2, 0.25) is 0 Å². The summed E-state index contributed by atoms with van der Waals surface area (Å²) in [6, 6.07) is 9.43. The van der Waals surface area contributed by atoms with Gasteiger partial charge in [0.05, 0.1) is 0 Å². The van der Waals surface area contributed by atoms with Crippen LogP contribution in [0.25, 0.3) is 0 Å². The minimum absolute atomic E-state index is 0.397. The van der Waals surface area contributed by atoms with Crippen LogP contribution in [0.5, 0.6) is 0 Å². The van der Waals surface area contributed by atoms with Crippen molar-refractivity contribution in [2.24, 2.45) is 17.6 Å². The van der Waals surface area contributed by atoms with E-state index in [4.69, 9.17) is 5.73 Å². The van der Waals surface area contributed by atoms with Gasteiger partial charge in [-0.25, -0.2) is 0 Å². The van der Waals surface area contributed by atoms with Gasteiger partial charge in [0.25, 0.3) is 0 Å². The van der Waals surface area contributed by atoms with Gasteiger partial charge >= 0.3 is 0 Å². The minimum atomic E-state index is 0.397. The molecule has 112 valence electrons. The first kappa shape index (κ1) is 15.5. The van der Waals surface area contributed by atoms with E-state index in [1.807, 2.05) is 0 Å². The van der Waals surface area contributed by atoms with Crippen LogP contribution in [0.1, 0.15) is 50.8 Å². The highest BCUT2D eigenvalue weighted by atomic mass is 15.2. The Morgan fingerprint density at radius 3 is 2.20 bits per heavy atom. The number of likely N-dealkylation sites (tertiary alicyclic amines) is 1. The molecule has 1 aromatic rings. The quantitative estimate of drug-likeness (QED) is 0.888. The zero-order chi connectivity index (χ0) is 14.5. The van der Waals surface area contributed by atoms with Crippen molar-refractivity contribution in [2.75, 3.05) is 19.6 Å². The predicted molar refractivity (Wildman–Crippen MR) is 86.8 cm³/mol. The van der Waals surface area contributed by atoms with Gasteiger partial charge < -0.3 is 5.73 Å². The van der Waals surface area contributed by atoms with Gasteiger partial charge in [0.1, 0.15) is 0 Å². The molecule has 1 heterocycles. The molecule has 0 saturated carbocycles. The summed E-state index contributed by atoms with van der Waals surface area (Å²) in [5, 5.41) is 0. The molecule has 0 amide bonds. The molecule has 0 aliphatic carbocycles. The molecular weight excluding hydrogens is 244 g/mol. The second-order valence-electron chi connectivity index (χ2n) is 6.46. The van der Waals surface area contributed by atoms with Crippen molar-refractivity contribution in [3.8, 4) is 0 Å². The Bertz CT molecular complexity index is 388. The van der Waals surface area contributed by atoms with Gasteiger partial charge in [0.15, 0.2) is 0 Å². The maximum absolute atomic E-state index is 6.06. The summed E-state index contributed by atoms with van der Waals surface area (Å²) in [5.74, 6) is 1.71. The summed E-state index contributed by atoms with van der Waals surface area (Å²) >= 11 is 0. The molecule has 1 aromatic carbocycles. The first-order valence-corrected chi connectivity index (χ1v) is 8.18. The maximum atomic E-state index is 6.06. The van der Waals surface area contributed by atoms with E-state index in [9.17, 15) is 0 Å². The third-order valence-corrected chi connectivity index (χ3v) is 4.95. The second-order valence-corrected chi connectivity index (χ2v) is 6.46. The average molecular weight is 274 g/mol. The van der Waals surface area contributed by atoms with Crippen LogP contribution < -0.4 is 5.73 Å². The van der Waals surface area contributed by atoms with Crippen molar-refractivity contribution in [3.05, 3.63) is 35.4 Å². The van der Waals surface area contributed by atoms with E-state index in [1.54, 1.807) is 0 Å². The number of hydrogen-bond acceptors (Lipinski definition) is 2. The fraction of sp³-hybridized carbons (Fsp3) is 0.667. The number of hydrogen-bond donors (Lipinski definition) is 1. The Kier molecular flexibility index (Phi) is 5.62. The van der Waals surface area contributed by atoms with Crippen LogP contribution in [0.15, 0.2) is 24.3 Å². The normalized spacial score (nSPS) is 19.4. The SMILES string of the molecule is CCc1ccc(C(CN)N2CCC(C(C)C)CC2)cc1. The Hall–Kier alpha value is -0.860. The van der Waals surface area contributed by atoms with E-state index in [0.29, 0.717) is 6.04 Å². The number of benzene rings is 1. The maximum Gasteiger partial charge on any atom is 0.0470 e. The third kappa shape index (κ3) is 3.62. The number of piperidine rings is 1. The van der Waals surface area contributed by atoms with E-state index in [-0.39, 0.29) is 0 Å². The van der Waals surface area contributed by atoms with Crippen LogP contribution in [0.4, 0.5) is 0 Å². The number of nitrogens with two attached hydrogens (primary N) is 1. The lowest BCUT2D eigenvalue weighted by Crippen LogP contribution is -2.40. The molecule has 0 aromatic heterocycles. The van der Waals surface area contributed by atoms with E-state index >= 15 is 0 Å². The van der Waals surface area contributed by atoms with Crippen LogP contribution in [-0.2, 0) is 6.42 Å². The zero-order valence-electron chi connectivity index (χ0n) is 13.3. The van der Waals surface area contributed by atoms with Gasteiger partial charge in [-0.3, -0.25) is 4.90 Å². The summed E-state index contributed by atoms with van der Waals surface area (Å²) in [4.78, 5) is 2.58. The van der Waals surface area contributed by atoms with E-state index < -0.39 is 0 Å². The van der Waals surface area contributed by atoms with Gasteiger partial charge in [-0.2, -0.15) is 0 Å². The summed E-state index contributed by atoms with van der Waals surface area (Å²) < 4.78 is 0. The molecule has 1 atom stereocenters. The molecule has 1 saturated heterocycles. The lowest BCUT2D eigenvalue weighted by atomic mass is 9.86. The summed E-state index contributed by atoms with van der Waals surface area (Å²) in [5.41, 5.74) is 8.85. The van der Waals surface area contributed by atoms with Gasteiger partial charge in [-0.05, 0) is 55.3 Å². The van der Waals surface area contributed by atoms with Gasteiger partial charge in [0, 0.05) is 12.6 Å². The fourth-order valence-electron chi connectivity index (χ4n) is 3.37. The van der Waals surface area contributed by atoms with Crippen molar-refractivity contribution in [3.63, 3.8) is 0 Å². The van der Waals surface area contributed by atoms with Crippen molar-refractivity contribution in [1.29, 1.82) is 0 Å². The van der Waals surface area contributed by atoms with E-state index in [2.05, 4.69) is 49.9 Å². The standard InChI is InChI=1S/C18H30N2/c1-4-15-5-7-17(8-6-15)18(13-19)20-11-9-16(10-12-20)14(2)3/h5-8,14,16,18H,4,9-13,19H2,1-3H3. The van der Waals surface area contributed by atoms with Crippen molar-refractivity contribution < 1.29 is 0 Å². The molecule has 0 spiro atoms. The lowest BCUT2D eigenvalue weighted by molar-refractivity contribution is 0.117. The Balaban J connectivity index is 2.01. The number of nitrogens with zero attached hydrogens (tertiary/aromatic N) is 1. The third-order valence-electron chi connectivity index (χ3n) is 4.95. The first-order valence-electron chi connectivity index (χ1n) is 8.18. The number of aryl methyl sites for hydroxylation is 1. The van der Waals surface area contributed by atoms with Crippen LogP contribution >= 0.6 is 0 Å². The van der Waals surface area contributed by atoms with Gasteiger partial charge in [0.2, 0.25) is 0 Å². The molecule has 0 radical (unpaired) electrons. The van der Waals surface area contributed by atoms with Crippen LogP contribution in [0.3, 0.4) is 0 Å². The molecule has 2 rings (SSSR count). The molecule has 0 bridgehead atoms. The van der Waals surface area contributed by atoms with Gasteiger partial charge in [-0.15, -0.1) is 0 Å². The highest BCUT2D eigenvalue weighted by Crippen LogP contribution is 2.29. The molecule has 20 heavy (non-hydrogen) atoms. The van der Waals surface area contributed by atoms with Gasteiger partial charge in [-0.1, -0.05) is 45.0 Å². The average Bonchev–Trinajstić information content (AvgIpc) is 2.49. The fourth-order valence-corrected chi connectivity index (χ4v) is 3.37. The largest absolute Gasteiger partial charge is 0.329 e. The molecule has 2 N–H and O–H groups in total. The van der Waals surface area contributed by atoms with Crippen LogP contribution in [0, 0.1) is 11.8 Å². The summed E-state index contributed by atoms with van der Waals surface area (Å²) in [6.07, 6.45) is 3.75. The Morgan fingerprint density at radius 2 is 1.75 bits per heavy atom. The Morgan fingerprint density at radius 1 is 1.15 bits per heavy atom. The smallest absolute Gasteiger partial charge is 0.0470 e. The van der Waals surface area contributed by atoms with Crippen LogP contribution in [-0.4, -0.2) is 24.5 Å². The van der Waals surface area contributed by atoms with Crippen molar-refractivity contribution in [2.45, 2.75) is 46.1 Å². The Labute approximate surface area is 124 Å². The second kappa shape index (κ2) is 7.24. The number of rotatable bonds is 5. The van der Waals surface area contributed by atoms with Crippen molar-refractivity contribution in [1.82, 2.24) is 4.90 Å². The highest BCUT2D eigenvalue weighted by molar-refractivity contribution is 5.25. The first-order chi connectivity index (χ1) is 9.65. The molecule has 1 unspecified atom stereocenters. The molecule has 1 aliphatic heterocycles. The lowest BCUT2D eigenvalue weighted by Gasteiger charge is -2.38. The molecular formula is C18H30N2. The summed E-state index contributed by atoms with van der Waals surface area (Å²) in [6.45, 7) is 10.0.